The molecule has 1 heterocycles. The first-order valence-corrected chi connectivity index (χ1v) is 9.09. The Balaban J connectivity index is 1.45. The van der Waals surface area contributed by atoms with Gasteiger partial charge in [-0.2, -0.15) is 0 Å². The van der Waals surface area contributed by atoms with Crippen molar-refractivity contribution < 1.29 is 23.8 Å². The fourth-order valence-corrected chi connectivity index (χ4v) is 2.86. The van der Waals surface area contributed by atoms with Gasteiger partial charge in [0, 0.05) is 5.56 Å². The molecule has 29 heavy (non-hydrogen) atoms. The van der Waals surface area contributed by atoms with Crippen molar-refractivity contribution >= 4 is 17.8 Å². The lowest BCUT2D eigenvalue weighted by Crippen LogP contribution is -2.08. The SMILES string of the molecule is Cc1ccc(C(=O)C=Cc2cccc(OC(=O)c3ccc4c(c3)OCO4)c2)cc1. The lowest BCUT2D eigenvalue weighted by Gasteiger charge is -2.06. The first-order valence-electron chi connectivity index (χ1n) is 9.09. The molecule has 4 rings (SSSR count). The van der Waals surface area contributed by atoms with Gasteiger partial charge in [-0.3, -0.25) is 4.79 Å². The molecule has 144 valence electrons. The van der Waals surface area contributed by atoms with E-state index in [1.165, 1.54) is 6.08 Å². The molecule has 0 unspecified atom stereocenters. The third-order valence-corrected chi connectivity index (χ3v) is 4.44. The minimum absolute atomic E-state index is 0.0900. The van der Waals surface area contributed by atoms with Crippen LogP contribution in [0.15, 0.2) is 72.8 Å². The Hall–Kier alpha value is -3.86. The topological polar surface area (TPSA) is 61.8 Å². The second-order valence-electron chi connectivity index (χ2n) is 6.59. The molecular weight excluding hydrogens is 368 g/mol. The van der Waals surface area contributed by atoms with Crippen LogP contribution < -0.4 is 14.2 Å². The van der Waals surface area contributed by atoms with E-state index in [0.717, 1.165) is 11.1 Å². The number of carbonyl (C=O) groups excluding carboxylic acids is 2. The Kier molecular flexibility index (Phi) is 5.12. The Morgan fingerprint density at radius 3 is 2.48 bits per heavy atom. The van der Waals surface area contributed by atoms with Gasteiger partial charge >= 0.3 is 5.97 Å². The largest absolute Gasteiger partial charge is 0.454 e. The number of rotatable bonds is 5. The van der Waals surface area contributed by atoms with Crippen molar-refractivity contribution in [2.75, 3.05) is 6.79 Å². The van der Waals surface area contributed by atoms with Crippen LogP contribution in [0, 0.1) is 6.92 Å². The van der Waals surface area contributed by atoms with E-state index in [1.54, 1.807) is 54.6 Å². The summed E-state index contributed by atoms with van der Waals surface area (Å²) in [6.45, 7) is 2.12. The number of benzene rings is 3. The summed E-state index contributed by atoms with van der Waals surface area (Å²) in [5, 5.41) is 0. The zero-order valence-electron chi connectivity index (χ0n) is 15.8. The zero-order valence-corrected chi connectivity index (χ0v) is 15.8. The number of aryl methyl sites for hydroxylation is 1. The summed E-state index contributed by atoms with van der Waals surface area (Å²) in [7, 11) is 0. The van der Waals surface area contributed by atoms with Gasteiger partial charge < -0.3 is 14.2 Å². The maximum absolute atomic E-state index is 12.4. The second kappa shape index (κ2) is 8.02. The van der Waals surface area contributed by atoms with E-state index in [2.05, 4.69) is 0 Å². The Morgan fingerprint density at radius 1 is 0.897 bits per heavy atom. The summed E-state index contributed by atoms with van der Waals surface area (Å²) in [5.74, 6) is 0.920. The molecule has 0 saturated carbocycles. The number of ether oxygens (including phenoxy) is 3. The Labute approximate surface area is 168 Å². The van der Waals surface area contributed by atoms with Gasteiger partial charge in [0.1, 0.15) is 5.75 Å². The van der Waals surface area contributed by atoms with Crippen molar-refractivity contribution in [2.45, 2.75) is 6.92 Å². The molecule has 0 bridgehead atoms. The number of hydrogen-bond acceptors (Lipinski definition) is 5. The van der Waals surface area contributed by atoms with Gasteiger partial charge in [-0.25, -0.2) is 4.79 Å². The molecular formula is C24H18O5. The van der Waals surface area contributed by atoms with Crippen molar-refractivity contribution in [3.8, 4) is 17.2 Å². The predicted molar refractivity (Wildman–Crippen MR) is 109 cm³/mol. The molecule has 5 heteroatoms. The minimum Gasteiger partial charge on any atom is -0.454 e. The molecule has 0 atom stereocenters. The summed E-state index contributed by atoms with van der Waals surface area (Å²) in [5.41, 5.74) is 2.84. The van der Waals surface area contributed by atoms with Crippen molar-refractivity contribution in [2.24, 2.45) is 0 Å². The highest BCUT2D eigenvalue weighted by atomic mass is 16.7. The van der Waals surface area contributed by atoms with Gasteiger partial charge in [0.25, 0.3) is 0 Å². The summed E-state index contributed by atoms with van der Waals surface area (Å²) in [6.07, 6.45) is 3.20. The molecule has 0 radical (unpaired) electrons. The number of allylic oxidation sites excluding steroid dienone is 1. The molecule has 3 aromatic rings. The van der Waals surface area contributed by atoms with Crippen LogP contribution in [0.3, 0.4) is 0 Å². The maximum atomic E-state index is 12.4. The zero-order chi connectivity index (χ0) is 20.2. The maximum Gasteiger partial charge on any atom is 0.343 e. The Morgan fingerprint density at radius 2 is 1.66 bits per heavy atom. The predicted octanol–water partition coefficient (Wildman–Crippen LogP) is 4.84. The van der Waals surface area contributed by atoms with E-state index in [1.807, 2.05) is 25.1 Å². The van der Waals surface area contributed by atoms with E-state index in [-0.39, 0.29) is 12.6 Å². The smallest absolute Gasteiger partial charge is 0.343 e. The van der Waals surface area contributed by atoms with E-state index >= 15 is 0 Å². The van der Waals surface area contributed by atoms with Crippen LogP contribution in [0.2, 0.25) is 0 Å². The first-order chi connectivity index (χ1) is 14.1. The molecule has 0 aliphatic carbocycles. The number of carbonyl (C=O) groups is 2. The molecule has 0 saturated heterocycles. The Bertz CT molecular complexity index is 1100. The van der Waals surface area contributed by atoms with Crippen molar-refractivity contribution in [1.82, 2.24) is 0 Å². The molecule has 5 nitrogen and oxygen atoms in total. The van der Waals surface area contributed by atoms with Crippen LogP contribution in [0.5, 0.6) is 17.2 Å². The van der Waals surface area contributed by atoms with Gasteiger partial charge in [0.2, 0.25) is 6.79 Å². The van der Waals surface area contributed by atoms with E-state index in [9.17, 15) is 9.59 Å². The molecule has 1 aliphatic heterocycles. The van der Waals surface area contributed by atoms with Crippen LogP contribution in [-0.4, -0.2) is 18.5 Å². The van der Waals surface area contributed by atoms with Gasteiger partial charge in [-0.05, 0) is 48.9 Å². The number of ketones is 1. The number of fused-ring (bicyclic) bond motifs is 1. The molecule has 0 amide bonds. The summed E-state index contributed by atoms with van der Waals surface area (Å²) in [4.78, 5) is 24.7. The van der Waals surface area contributed by atoms with Crippen LogP contribution in [-0.2, 0) is 0 Å². The minimum atomic E-state index is -0.500. The van der Waals surface area contributed by atoms with Crippen LogP contribution >= 0.6 is 0 Å². The van der Waals surface area contributed by atoms with Gasteiger partial charge in [0.05, 0.1) is 5.56 Å². The molecule has 3 aromatic carbocycles. The summed E-state index contributed by atoms with van der Waals surface area (Å²) < 4.78 is 16.0. The monoisotopic (exact) mass is 386 g/mol. The number of esters is 1. The normalized spacial score (nSPS) is 12.2. The fraction of sp³-hybridized carbons (Fsp3) is 0.0833. The lowest BCUT2D eigenvalue weighted by atomic mass is 10.1. The third kappa shape index (κ3) is 4.35. The average molecular weight is 386 g/mol. The number of hydrogen-bond donors (Lipinski definition) is 0. The quantitative estimate of drug-likeness (QED) is 0.272. The highest BCUT2D eigenvalue weighted by molar-refractivity contribution is 6.06. The van der Waals surface area contributed by atoms with Crippen molar-refractivity contribution in [1.29, 1.82) is 0 Å². The standard InChI is InChI=1S/C24H18O5/c1-16-5-8-18(9-6-16)21(25)11-7-17-3-2-4-20(13-17)29-24(26)19-10-12-22-23(14-19)28-15-27-22/h2-14H,15H2,1H3. The second-order valence-corrected chi connectivity index (χ2v) is 6.59. The molecule has 1 aliphatic rings. The van der Waals surface area contributed by atoms with E-state index in [0.29, 0.717) is 28.4 Å². The highest BCUT2D eigenvalue weighted by Crippen LogP contribution is 2.32. The highest BCUT2D eigenvalue weighted by Gasteiger charge is 2.17. The molecule has 0 N–H and O–H groups in total. The van der Waals surface area contributed by atoms with Gasteiger partial charge in [0.15, 0.2) is 17.3 Å². The molecule has 0 spiro atoms. The van der Waals surface area contributed by atoms with E-state index in [4.69, 9.17) is 14.2 Å². The molecule has 0 fully saturated rings. The average Bonchev–Trinajstić information content (AvgIpc) is 3.20. The van der Waals surface area contributed by atoms with Gasteiger partial charge in [-0.1, -0.05) is 48.0 Å². The summed E-state index contributed by atoms with van der Waals surface area (Å²) in [6, 6.07) is 19.3. The van der Waals surface area contributed by atoms with Crippen LogP contribution in [0.25, 0.3) is 6.08 Å². The fourth-order valence-electron chi connectivity index (χ4n) is 2.86. The van der Waals surface area contributed by atoms with Crippen molar-refractivity contribution in [3.05, 3.63) is 95.1 Å². The van der Waals surface area contributed by atoms with Gasteiger partial charge in [-0.15, -0.1) is 0 Å². The molecule has 0 aromatic heterocycles. The lowest BCUT2D eigenvalue weighted by molar-refractivity contribution is 0.0734. The van der Waals surface area contributed by atoms with Crippen LogP contribution in [0.1, 0.15) is 31.8 Å². The van der Waals surface area contributed by atoms with Crippen LogP contribution in [0.4, 0.5) is 0 Å². The van der Waals surface area contributed by atoms with E-state index < -0.39 is 5.97 Å². The third-order valence-electron chi connectivity index (χ3n) is 4.44. The first kappa shape index (κ1) is 18.5. The van der Waals surface area contributed by atoms with Crippen molar-refractivity contribution in [3.63, 3.8) is 0 Å². The summed E-state index contributed by atoms with van der Waals surface area (Å²) >= 11 is 0.